The number of H-pyrrole nitrogens is 1. The molecule has 1 saturated heterocycles. The normalized spacial score (nSPS) is 16.0. The average molecular weight is 448 g/mol. The van der Waals surface area contributed by atoms with Gasteiger partial charge in [0.25, 0.3) is 5.88 Å². The summed E-state index contributed by atoms with van der Waals surface area (Å²) in [6.45, 7) is 4.49. The molecule has 0 spiro atoms. The fourth-order valence-corrected chi connectivity index (χ4v) is 5.04. The molecule has 1 aliphatic rings. The Morgan fingerprint density at radius 2 is 1.94 bits per heavy atom. The molecule has 1 amide bonds. The highest BCUT2D eigenvalue weighted by atomic mass is 32.2. The number of ether oxygens (including phenoxy) is 2. The minimum absolute atomic E-state index is 0.0555. The van der Waals surface area contributed by atoms with Crippen LogP contribution < -0.4 is 14.8 Å². The molecule has 0 unspecified atom stereocenters. The maximum absolute atomic E-state index is 13.2. The van der Waals surface area contributed by atoms with Gasteiger partial charge >= 0.3 is 6.09 Å². The fourth-order valence-electron chi connectivity index (χ4n) is 3.59. The smallest absolute Gasteiger partial charge is 0.413 e. The molecule has 0 radical (unpaired) electrons. The van der Waals surface area contributed by atoms with E-state index in [-0.39, 0.29) is 16.7 Å². The molecule has 1 aromatic carbocycles. The number of nitrogens with one attached hydrogen (secondary N) is 2. The summed E-state index contributed by atoms with van der Waals surface area (Å²) >= 11 is 0. The Labute approximate surface area is 180 Å². The standard InChI is InChI=1S/C20H25N5O5S/c1-4-29-17-12-15-14-11-13(31(27,28)25-9-7-24(3)8-10-25)5-6-16(14)22-18(15)19(23-17)30-20(26)21-2/h5-6,11-12,22H,4,7-10H2,1-3H3,(H,21,26). The SMILES string of the molecule is CCOc1cc2c([nH]c3ccc(S(=O)(=O)N4CCN(C)CC4)cc32)c(OC(=O)NC)n1. The van der Waals surface area contributed by atoms with E-state index in [2.05, 4.69) is 20.2 Å². The third-order valence-corrected chi connectivity index (χ3v) is 7.18. The summed E-state index contributed by atoms with van der Waals surface area (Å²) in [4.78, 5) is 21.5. The van der Waals surface area contributed by atoms with Gasteiger partial charge in [-0.25, -0.2) is 13.2 Å². The zero-order valence-electron chi connectivity index (χ0n) is 17.6. The highest BCUT2D eigenvalue weighted by Crippen LogP contribution is 2.35. The number of aromatic amines is 1. The maximum Gasteiger partial charge on any atom is 0.413 e. The number of pyridine rings is 1. The predicted octanol–water partition coefficient (Wildman–Crippen LogP) is 1.77. The number of aromatic nitrogens is 2. The van der Waals surface area contributed by atoms with Gasteiger partial charge in [-0.1, -0.05) is 0 Å². The molecule has 3 heterocycles. The summed E-state index contributed by atoms with van der Waals surface area (Å²) in [5.41, 5.74) is 1.18. The van der Waals surface area contributed by atoms with E-state index in [1.807, 2.05) is 14.0 Å². The second-order valence-corrected chi connectivity index (χ2v) is 9.24. The van der Waals surface area contributed by atoms with Gasteiger partial charge in [0.1, 0.15) is 5.52 Å². The largest absolute Gasteiger partial charge is 0.478 e. The molecule has 10 nitrogen and oxygen atoms in total. The van der Waals surface area contributed by atoms with Gasteiger partial charge in [-0.15, -0.1) is 0 Å². The second-order valence-electron chi connectivity index (χ2n) is 7.30. The first kappa shape index (κ1) is 21.3. The van der Waals surface area contributed by atoms with Gasteiger partial charge < -0.3 is 24.7 Å². The molecule has 0 bridgehead atoms. The molecule has 166 valence electrons. The molecule has 0 aliphatic carbocycles. The van der Waals surface area contributed by atoms with Gasteiger partial charge in [-0.2, -0.15) is 9.29 Å². The Morgan fingerprint density at radius 1 is 1.19 bits per heavy atom. The second kappa shape index (κ2) is 8.33. The van der Waals surface area contributed by atoms with Gasteiger partial charge in [0.05, 0.1) is 11.5 Å². The predicted molar refractivity (Wildman–Crippen MR) is 116 cm³/mol. The van der Waals surface area contributed by atoms with E-state index >= 15 is 0 Å². The molecule has 0 atom stereocenters. The van der Waals surface area contributed by atoms with E-state index in [1.54, 1.807) is 24.3 Å². The zero-order valence-corrected chi connectivity index (χ0v) is 18.5. The van der Waals surface area contributed by atoms with E-state index in [0.717, 1.165) is 0 Å². The summed E-state index contributed by atoms with van der Waals surface area (Å²) < 4.78 is 38.7. The first-order valence-electron chi connectivity index (χ1n) is 10.0. The number of fused-ring (bicyclic) bond motifs is 3. The van der Waals surface area contributed by atoms with Crippen molar-refractivity contribution in [2.75, 3.05) is 46.9 Å². The van der Waals surface area contributed by atoms with Gasteiger partial charge in [0.15, 0.2) is 0 Å². The summed E-state index contributed by atoms with van der Waals surface area (Å²) in [7, 11) is -0.199. The van der Waals surface area contributed by atoms with Crippen molar-refractivity contribution in [2.24, 2.45) is 0 Å². The number of hydrogen-bond donors (Lipinski definition) is 2. The van der Waals surface area contributed by atoms with Gasteiger partial charge in [-0.05, 0) is 32.2 Å². The minimum atomic E-state index is -3.63. The lowest BCUT2D eigenvalue weighted by atomic mass is 10.2. The number of carbonyl (C=O) groups is 1. The summed E-state index contributed by atoms with van der Waals surface area (Å²) in [6.07, 6.45) is -0.667. The number of hydrogen-bond acceptors (Lipinski definition) is 7. The lowest BCUT2D eigenvalue weighted by molar-refractivity contribution is 0.201. The van der Waals surface area contributed by atoms with Crippen molar-refractivity contribution >= 4 is 37.9 Å². The number of piperazine rings is 1. The third kappa shape index (κ3) is 4.03. The van der Waals surface area contributed by atoms with Crippen molar-refractivity contribution in [3.8, 4) is 11.8 Å². The highest BCUT2D eigenvalue weighted by Gasteiger charge is 2.28. The Kier molecular flexibility index (Phi) is 5.73. The number of carbonyl (C=O) groups excluding carboxylic acids is 1. The number of amides is 1. The molecular weight excluding hydrogens is 422 g/mol. The Hall–Kier alpha value is -2.89. The van der Waals surface area contributed by atoms with E-state index in [0.29, 0.717) is 54.6 Å². The zero-order chi connectivity index (χ0) is 22.2. The van der Waals surface area contributed by atoms with Crippen molar-refractivity contribution < 1.29 is 22.7 Å². The molecular formula is C20H25N5O5S. The maximum atomic E-state index is 13.2. The first-order valence-corrected chi connectivity index (χ1v) is 11.4. The Balaban J connectivity index is 1.83. The molecule has 2 N–H and O–H groups in total. The Bertz CT molecular complexity index is 1230. The minimum Gasteiger partial charge on any atom is -0.478 e. The van der Waals surface area contributed by atoms with Crippen LogP contribution in [0.3, 0.4) is 0 Å². The van der Waals surface area contributed by atoms with Crippen molar-refractivity contribution in [3.63, 3.8) is 0 Å². The third-order valence-electron chi connectivity index (χ3n) is 5.29. The van der Waals surface area contributed by atoms with Crippen molar-refractivity contribution in [1.82, 2.24) is 24.5 Å². The van der Waals surface area contributed by atoms with E-state index < -0.39 is 16.1 Å². The topological polar surface area (TPSA) is 117 Å². The fraction of sp³-hybridized carbons (Fsp3) is 0.400. The number of rotatable bonds is 5. The van der Waals surface area contributed by atoms with Crippen LogP contribution in [0, 0.1) is 0 Å². The van der Waals surface area contributed by atoms with Crippen molar-refractivity contribution in [1.29, 1.82) is 0 Å². The van der Waals surface area contributed by atoms with Crippen LogP contribution in [-0.2, 0) is 10.0 Å². The molecule has 31 heavy (non-hydrogen) atoms. The molecule has 2 aromatic heterocycles. The molecule has 11 heteroatoms. The Morgan fingerprint density at radius 3 is 2.61 bits per heavy atom. The first-order chi connectivity index (χ1) is 14.8. The molecule has 4 rings (SSSR count). The average Bonchev–Trinajstić information content (AvgIpc) is 3.12. The van der Waals surface area contributed by atoms with Crippen LogP contribution in [0.4, 0.5) is 4.79 Å². The van der Waals surface area contributed by atoms with Crippen LogP contribution in [0.1, 0.15) is 6.92 Å². The van der Waals surface area contributed by atoms with E-state index in [9.17, 15) is 13.2 Å². The number of nitrogens with zero attached hydrogens (tertiary/aromatic N) is 3. The van der Waals surface area contributed by atoms with Gasteiger partial charge in [0.2, 0.25) is 15.9 Å². The monoisotopic (exact) mass is 447 g/mol. The van der Waals surface area contributed by atoms with Crippen LogP contribution in [0.15, 0.2) is 29.2 Å². The van der Waals surface area contributed by atoms with Crippen LogP contribution in [-0.4, -0.2) is 80.6 Å². The highest BCUT2D eigenvalue weighted by molar-refractivity contribution is 7.89. The molecule has 0 saturated carbocycles. The lowest BCUT2D eigenvalue weighted by Gasteiger charge is -2.31. The van der Waals surface area contributed by atoms with Crippen LogP contribution in [0.25, 0.3) is 21.8 Å². The summed E-state index contributed by atoms with van der Waals surface area (Å²) in [5, 5.41) is 3.72. The lowest BCUT2D eigenvalue weighted by Crippen LogP contribution is -2.46. The van der Waals surface area contributed by atoms with Crippen LogP contribution in [0.2, 0.25) is 0 Å². The molecule has 1 fully saturated rings. The van der Waals surface area contributed by atoms with Crippen molar-refractivity contribution in [3.05, 3.63) is 24.3 Å². The summed E-state index contributed by atoms with van der Waals surface area (Å²) in [6, 6.07) is 6.64. The summed E-state index contributed by atoms with van der Waals surface area (Å²) in [5.74, 6) is 0.335. The van der Waals surface area contributed by atoms with Crippen molar-refractivity contribution in [2.45, 2.75) is 11.8 Å². The van der Waals surface area contributed by atoms with Crippen LogP contribution in [0.5, 0.6) is 11.8 Å². The number of benzene rings is 1. The van der Waals surface area contributed by atoms with E-state index in [1.165, 1.54) is 11.4 Å². The number of sulfonamides is 1. The van der Waals surface area contributed by atoms with E-state index in [4.69, 9.17) is 9.47 Å². The number of likely N-dealkylation sites (N-methyl/N-ethyl adjacent to an activating group) is 1. The quantitative estimate of drug-likeness (QED) is 0.612. The van der Waals surface area contributed by atoms with Gasteiger partial charge in [-0.3, -0.25) is 0 Å². The molecule has 1 aliphatic heterocycles. The van der Waals surface area contributed by atoms with Crippen LogP contribution >= 0.6 is 0 Å². The van der Waals surface area contributed by atoms with Gasteiger partial charge in [0, 0.05) is 55.6 Å². The molecule has 3 aromatic rings.